The number of rotatable bonds is 3. The lowest BCUT2D eigenvalue weighted by Gasteiger charge is -2.07. The van der Waals surface area contributed by atoms with Gasteiger partial charge in [0, 0.05) is 23.7 Å². The van der Waals surface area contributed by atoms with Crippen LogP contribution in [0.5, 0.6) is 0 Å². The number of aromatic nitrogens is 1. The molecule has 3 rings (SSSR count). The molecule has 0 radical (unpaired) electrons. The first-order valence-corrected chi connectivity index (χ1v) is 6.45. The largest absolute Gasteiger partial charge is 0.444 e. The second-order valence-electron chi connectivity index (χ2n) is 4.34. The molecule has 0 aliphatic rings. The van der Waals surface area contributed by atoms with Crippen LogP contribution in [0.25, 0.3) is 11.0 Å². The summed E-state index contributed by atoms with van der Waals surface area (Å²) in [6.45, 7) is 2.58. The van der Waals surface area contributed by atoms with Gasteiger partial charge in [-0.05, 0) is 36.7 Å². The van der Waals surface area contributed by atoms with Gasteiger partial charge in [0.05, 0.1) is 11.4 Å². The molecule has 0 aliphatic carbocycles. The Hall–Kier alpha value is -2.00. The van der Waals surface area contributed by atoms with Crippen LogP contribution in [-0.2, 0) is 6.54 Å². The Bertz CT molecular complexity index is 721. The van der Waals surface area contributed by atoms with E-state index in [1.54, 1.807) is 6.20 Å². The fourth-order valence-corrected chi connectivity index (χ4v) is 2.34. The highest BCUT2D eigenvalue weighted by molar-refractivity contribution is 6.30. The van der Waals surface area contributed by atoms with Gasteiger partial charge in [0.1, 0.15) is 5.58 Å². The zero-order valence-corrected chi connectivity index (χ0v) is 11.2. The van der Waals surface area contributed by atoms with E-state index in [2.05, 4.69) is 10.3 Å². The fourth-order valence-electron chi connectivity index (χ4n) is 2.09. The standard InChI is InChI=1S/C15H13ClN2O/c1-10-13(6-4-8-17-10)18-9-12-11-5-2-3-7-14(11)19-15(12)16/h2-8,18H,9H2,1H3. The second-order valence-corrected chi connectivity index (χ2v) is 4.68. The van der Waals surface area contributed by atoms with Crippen LogP contribution in [0.15, 0.2) is 47.0 Å². The molecule has 0 saturated heterocycles. The number of nitrogens with one attached hydrogen (secondary N) is 1. The summed E-state index contributed by atoms with van der Waals surface area (Å²) in [6, 6.07) is 11.7. The van der Waals surface area contributed by atoms with Gasteiger partial charge in [-0.1, -0.05) is 18.2 Å². The number of fused-ring (bicyclic) bond motifs is 1. The van der Waals surface area contributed by atoms with Crippen molar-refractivity contribution in [3.63, 3.8) is 0 Å². The molecule has 0 spiro atoms. The topological polar surface area (TPSA) is 38.1 Å². The third-order valence-electron chi connectivity index (χ3n) is 3.11. The molecule has 4 heteroatoms. The first kappa shape index (κ1) is 12.1. The van der Waals surface area contributed by atoms with Crippen molar-refractivity contribution in [3.05, 3.63) is 59.1 Å². The van der Waals surface area contributed by atoms with Gasteiger partial charge in [-0.25, -0.2) is 0 Å². The van der Waals surface area contributed by atoms with Crippen LogP contribution in [0.4, 0.5) is 5.69 Å². The molecule has 19 heavy (non-hydrogen) atoms. The Morgan fingerprint density at radius 2 is 2.05 bits per heavy atom. The number of para-hydroxylation sites is 1. The quantitative estimate of drug-likeness (QED) is 0.768. The lowest BCUT2D eigenvalue weighted by Crippen LogP contribution is -2.01. The Labute approximate surface area is 116 Å². The number of anilines is 1. The van der Waals surface area contributed by atoms with Gasteiger partial charge in [0.15, 0.2) is 5.22 Å². The molecular weight excluding hydrogens is 260 g/mol. The van der Waals surface area contributed by atoms with Crippen LogP contribution in [0, 0.1) is 6.92 Å². The van der Waals surface area contributed by atoms with Gasteiger partial charge >= 0.3 is 0 Å². The molecule has 0 bridgehead atoms. The average Bonchev–Trinajstić information content (AvgIpc) is 2.74. The molecule has 0 saturated carbocycles. The van der Waals surface area contributed by atoms with E-state index < -0.39 is 0 Å². The minimum atomic E-state index is 0.440. The molecule has 0 fully saturated rings. The van der Waals surface area contributed by atoms with Crippen molar-refractivity contribution in [2.75, 3.05) is 5.32 Å². The average molecular weight is 273 g/mol. The summed E-state index contributed by atoms with van der Waals surface area (Å²) < 4.78 is 5.53. The molecule has 0 aliphatic heterocycles. The minimum absolute atomic E-state index is 0.440. The van der Waals surface area contributed by atoms with E-state index in [1.807, 2.05) is 43.3 Å². The summed E-state index contributed by atoms with van der Waals surface area (Å²) in [7, 11) is 0. The molecule has 0 atom stereocenters. The van der Waals surface area contributed by atoms with E-state index in [0.717, 1.165) is 27.9 Å². The highest BCUT2D eigenvalue weighted by Gasteiger charge is 2.11. The molecule has 2 aromatic heterocycles. The summed E-state index contributed by atoms with van der Waals surface area (Å²) >= 11 is 6.15. The zero-order chi connectivity index (χ0) is 13.2. The predicted molar refractivity (Wildman–Crippen MR) is 77.5 cm³/mol. The summed E-state index contributed by atoms with van der Waals surface area (Å²) in [5.41, 5.74) is 3.75. The van der Waals surface area contributed by atoms with Gasteiger partial charge in [-0.2, -0.15) is 0 Å². The number of benzene rings is 1. The summed E-state index contributed by atoms with van der Waals surface area (Å²) in [4.78, 5) is 4.24. The maximum atomic E-state index is 6.15. The van der Waals surface area contributed by atoms with Crippen LogP contribution < -0.4 is 5.32 Å². The number of aryl methyl sites for hydroxylation is 1. The van der Waals surface area contributed by atoms with Crippen molar-refractivity contribution in [1.29, 1.82) is 0 Å². The maximum Gasteiger partial charge on any atom is 0.199 e. The first-order valence-electron chi connectivity index (χ1n) is 6.07. The fraction of sp³-hybridized carbons (Fsp3) is 0.133. The number of nitrogens with zero attached hydrogens (tertiary/aromatic N) is 1. The molecular formula is C15H13ClN2O. The third kappa shape index (κ3) is 2.29. The minimum Gasteiger partial charge on any atom is -0.444 e. The maximum absolute atomic E-state index is 6.15. The van der Waals surface area contributed by atoms with Crippen LogP contribution in [0.2, 0.25) is 5.22 Å². The Balaban J connectivity index is 1.90. The van der Waals surface area contributed by atoms with Crippen molar-refractivity contribution in [3.8, 4) is 0 Å². The lowest BCUT2D eigenvalue weighted by molar-refractivity contribution is 0.613. The number of hydrogen-bond donors (Lipinski definition) is 1. The molecule has 1 N–H and O–H groups in total. The van der Waals surface area contributed by atoms with Crippen LogP contribution in [0.3, 0.4) is 0 Å². The zero-order valence-electron chi connectivity index (χ0n) is 10.5. The van der Waals surface area contributed by atoms with E-state index in [4.69, 9.17) is 16.0 Å². The van der Waals surface area contributed by atoms with E-state index in [-0.39, 0.29) is 0 Å². The Kier molecular flexibility index (Phi) is 3.13. The molecule has 2 heterocycles. The monoisotopic (exact) mass is 272 g/mol. The van der Waals surface area contributed by atoms with Crippen molar-refractivity contribution in [2.45, 2.75) is 13.5 Å². The smallest absolute Gasteiger partial charge is 0.199 e. The van der Waals surface area contributed by atoms with Crippen molar-refractivity contribution < 1.29 is 4.42 Å². The van der Waals surface area contributed by atoms with E-state index >= 15 is 0 Å². The number of halogens is 1. The van der Waals surface area contributed by atoms with Crippen molar-refractivity contribution >= 4 is 28.3 Å². The van der Waals surface area contributed by atoms with E-state index in [9.17, 15) is 0 Å². The van der Waals surface area contributed by atoms with Gasteiger partial charge in [-0.15, -0.1) is 0 Å². The Morgan fingerprint density at radius 3 is 2.89 bits per heavy atom. The number of pyridine rings is 1. The molecule has 96 valence electrons. The highest BCUT2D eigenvalue weighted by Crippen LogP contribution is 2.30. The van der Waals surface area contributed by atoms with Crippen molar-refractivity contribution in [2.24, 2.45) is 0 Å². The summed E-state index contributed by atoms with van der Waals surface area (Å²) in [6.07, 6.45) is 1.78. The van der Waals surface area contributed by atoms with Crippen molar-refractivity contribution in [1.82, 2.24) is 4.98 Å². The van der Waals surface area contributed by atoms with E-state index in [1.165, 1.54) is 0 Å². The van der Waals surface area contributed by atoms with Crippen LogP contribution in [0.1, 0.15) is 11.3 Å². The summed E-state index contributed by atoms with van der Waals surface area (Å²) in [5, 5.41) is 4.82. The third-order valence-corrected chi connectivity index (χ3v) is 3.42. The van der Waals surface area contributed by atoms with Crippen LogP contribution >= 0.6 is 11.6 Å². The van der Waals surface area contributed by atoms with Gasteiger partial charge in [-0.3, -0.25) is 4.98 Å². The molecule has 1 aromatic carbocycles. The lowest BCUT2D eigenvalue weighted by atomic mass is 10.1. The second kappa shape index (κ2) is 4.94. The first-order chi connectivity index (χ1) is 9.25. The predicted octanol–water partition coefficient (Wildman–Crippen LogP) is 4.40. The van der Waals surface area contributed by atoms with Gasteiger partial charge < -0.3 is 9.73 Å². The molecule has 0 amide bonds. The number of furan rings is 1. The van der Waals surface area contributed by atoms with Gasteiger partial charge in [0.2, 0.25) is 0 Å². The molecule has 3 nitrogen and oxygen atoms in total. The van der Waals surface area contributed by atoms with Crippen LogP contribution in [-0.4, -0.2) is 4.98 Å². The summed E-state index contributed by atoms with van der Waals surface area (Å²) in [5.74, 6) is 0. The molecule has 0 unspecified atom stereocenters. The molecule has 3 aromatic rings. The highest BCUT2D eigenvalue weighted by atomic mass is 35.5. The SMILES string of the molecule is Cc1ncccc1NCc1c(Cl)oc2ccccc12. The normalized spacial score (nSPS) is 10.8. The Morgan fingerprint density at radius 1 is 1.21 bits per heavy atom. The van der Waals surface area contributed by atoms with Gasteiger partial charge in [0.25, 0.3) is 0 Å². The number of hydrogen-bond acceptors (Lipinski definition) is 3. The van der Waals surface area contributed by atoms with E-state index in [0.29, 0.717) is 11.8 Å².